The molecule has 3 saturated heterocycles. The van der Waals surface area contributed by atoms with Gasteiger partial charge in [0.1, 0.15) is 23.5 Å². The molecule has 1 aromatic rings. The summed E-state index contributed by atoms with van der Waals surface area (Å²) >= 11 is 1.26. The third-order valence-corrected chi connectivity index (χ3v) is 8.96. The van der Waals surface area contributed by atoms with Gasteiger partial charge in [-0.05, 0) is 19.4 Å². The number of hydrogen-bond acceptors (Lipinski definition) is 8. The van der Waals surface area contributed by atoms with E-state index in [9.17, 15) is 37.5 Å². The van der Waals surface area contributed by atoms with Gasteiger partial charge in [-0.15, -0.1) is 11.8 Å². The molecule has 3 heterocycles. The van der Waals surface area contributed by atoms with Crippen LogP contribution in [0.4, 0.5) is 9.59 Å². The summed E-state index contributed by atoms with van der Waals surface area (Å²) in [7, 11) is -3.87. The van der Waals surface area contributed by atoms with Crippen LogP contribution in [0.5, 0.6) is 0 Å². The van der Waals surface area contributed by atoms with Gasteiger partial charge in [-0.2, -0.15) is 0 Å². The van der Waals surface area contributed by atoms with Crippen molar-refractivity contribution in [3.63, 3.8) is 0 Å². The molecule has 37 heavy (non-hydrogen) atoms. The summed E-state index contributed by atoms with van der Waals surface area (Å²) in [4.78, 5) is 65.0. The molecule has 3 aliphatic heterocycles. The molecular formula is C21H26N5NaO8S2. The molecule has 3 fully saturated rings. The van der Waals surface area contributed by atoms with E-state index in [1.54, 1.807) is 44.2 Å². The van der Waals surface area contributed by atoms with E-state index < -0.39 is 68.1 Å². The van der Waals surface area contributed by atoms with Crippen molar-refractivity contribution in [1.82, 2.24) is 24.7 Å². The molecule has 3 N–H and O–H groups in total. The van der Waals surface area contributed by atoms with Gasteiger partial charge in [0.2, 0.25) is 21.8 Å². The van der Waals surface area contributed by atoms with Gasteiger partial charge in [0.05, 0.1) is 19.3 Å². The Bertz CT molecular complexity index is 1250. The molecule has 0 aliphatic carbocycles. The van der Waals surface area contributed by atoms with E-state index in [0.29, 0.717) is 14.8 Å². The fourth-order valence-corrected chi connectivity index (χ4v) is 6.96. The van der Waals surface area contributed by atoms with Crippen LogP contribution in [-0.4, -0.2) is 99.0 Å². The van der Waals surface area contributed by atoms with Crippen molar-refractivity contribution in [2.45, 2.75) is 42.1 Å². The third kappa shape index (κ3) is 5.32. The Morgan fingerprint density at radius 1 is 1.16 bits per heavy atom. The molecule has 0 bridgehead atoms. The Balaban J connectivity index is 0.00000253. The van der Waals surface area contributed by atoms with E-state index in [-0.39, 0.29) is 44.1 Å². The van der Waals surface area contributed by atoms with E-state index in [2.05, 4.69) is 10.6 Å². The number of nitrogens with one attached hydrogen (secondary N) is 2. The quantitative estimate of drug-likeness (QED) is 0.239. The minimum atomic E-state index is -3.87. The van der Waals surface area contributed by atoms with E-state index >= 15 is 0 Å². The van der Waals surface area contributed by atoms with Crippen LogP contribution in [0.25, 0.3) is 0 Å². The zero-order valence-corrected chi connectivity index (χ0v) is 24.2. The molecule has 0 radical (unpaired) electrons. The molecule has 4 rings (SSSR count). The predicted octanol–water partition coefficient (Wildman–Crippen LogP) is -3.12. The van der Waals surface area contributed by atoms with E-state index in [1.165, 1.54) is 16.7 Å². The maximum Gasteiger partial charge on any atom is 1.00 e. The average Bonchev–Trinajstić information content (AvgIpc) is 3.31. The van der Waals surface area contributed by atoms with Crippen molar-refractivity contribution < 1.29 is 68.5 Å². The second-order valence-electron chi connectivity index (χ2n) is 9.15. The number of carbonyl (C=O) groups excluding carboxylic acids is 4. The Kier molecular flexibility index (Phi) is 8.25. The van der Waals surface area contributed by atoms with Crippen molar-refractivity contribution in [2.75, 3.05) is 19.3 Å². The van der Waals surface area contributed by atoms with Crippen molar-refractivity contribution in [3.8, 4) is 0 Å². The maximum atomic E-state index is 13.3. The second-order valence-corrected chi connectivity index (χ2v) is 12.8. The number of nitrogens with zero attached hydrogens (tertiary/aromatic N) is 3. The second kappa shape index (κ2) is 10.4. The number of fused-ring (bicyclic) bond motifs is 1. The Hall–Kier alpha value is -2.33. The van der Waals surface area contributed by atoms with Gasteiger partial charge in [0.15, 0.2) is 0 Å². The van der Waals surface area contributed by atoms with Gasteiger partial charge in [-0.1, -0.05) is 30.3 Å². The summed E-state index contributed by atoms with van der Waals surface area (Å²) in [6.07, 6.45) is 0.850. The van der Waals surface area contributed by atoms with Gasteiger partial charge < -0.3 is 22.1 Å². The number of rotatable bonds is 6. The van der Waals surface area contributed by atoms with Crippen LogP contribution in [0, 0.1) is 0 Å². The Morgan fingerprint density at radius 3 is 2.32 bits per heavy atom. The number of hydrogen-bond donors (Lipinski definition) is 3. The van der Waals surface area contributed by atoms with Crippen LogP contribution in [-0.2, 0) is 24.4 Å². The van der Waals surface area contributed by atoms with Crippen molar-refractivity contribution in [1.29, 1.82) is 0 Å². The fraction of sp³-hybridized carbons (Fsp3) is 0.476. The molecule has 4 unspecified atom stereocenters. The van der Waals surface area contributed by atoms with Crippen molar-refractivity contribution in [3.05, 3.63) is 35.9 Å². The van der Waals surface area contributed by atoms with E-state index in [1.807, 2.05) is 0 Å². The number of β-lactam (4-membered cyclic amide) rings is 1. The summed E-state index contributed by atoms with van der Waals surface area (Å²) < 4.78 is 23.3. The van der Waals surface area contributed by atoms with E-state index in [4.69, 9.17) is 0 Å². The van der Waals surface area contributed by atoms with Gasteiger partial charge in [-0.3, -0.25) is 9.59 Å². The monoisotopic (exact) mass is 563 g/mol. The number of thioether (sulfide) groups is 1. The number of carboxylic acid groups (broad SMARTS) is 1. The SMILES string of the molecule is CC1(C)SC2C(NC(=O)C(NC(=O)N3CCN(S(C)(=O)=O)C3=O)c3ccccc3)C(=O)N2C1C(=O)O.[H-].[Na+]. The van der Waals surface area contributed by atoms with Crippen LogP contribution in [0.2, 0.25) is 0 Å². The number of imide groups is 1. The number of amides is 6. The van der Waals surface area contributed by atoms with E-state index in [0.717, 1.165) is 6.26 Å². The number of carboxylic acids is 1. The Labute approximate surface area is 241 Å². The summed E-state index contributed by atoms with van der Waals surface area (Å²) in [5.41, 5.74) is 0.362. The minimum absolute atomic E-state index is 0. The van der Waals surface area contributed by atoms with Crippen LogP contribution < -0.4 is 40.2 Å². The first-order valence-electron chi connectivity index (χ1n) is 10.9. The summed E-state index contributed by atoms with van der Waals surface area (Å²) in [5, 5.41) is 14.0. The minimum Gasteiger partial charge on any atom is -1.00 e. The molecule has 13 nitrogen and oxygen atoms in total. The first kappa shape index (κ1) is 29.2. The van der Waals surface area contributed by atoms with Crippen LogP contribution in [0.1, 0.15) is 26.9 Å². The number of sulfonamides is 1. The molecule has 0 aromatic heterocycles. The average molecular weight is 564 g/mol. The summed E-state index contributed by atoms with van der Waals surface area (Å²) in [5.74, 6) is -2.42. The van der Waals surface area contributed by atoms with Crippen LogP contribution >= 0.6 is 11.8 Å². The first-order chi connectivity index (χ1) is 16.7. The van der Waals surface area contributed by atoms with Gasteiger partial charge >= 0.3 is 47.6 Å². The van der Waals surface area contributed by atoms with Crippen molar-refractivity contribution >= 4 is 51.6 Å². The molecule has 4 atom stereocenters. The van der Waals surface area contributed by atoms with Gasteiger partial charge in [0.25, 0.3) is 0 Å². The van der Waals surface area contributed by atoms with Crippen LogP contribution in [0.15, 0.2) is 30.3 Å². The molecule has 16 heteroatoms. The summed E-state index contributed by atoms with van der Waals surface area (Å²) in [6.45, 7) is 3.02. The zero-order valence-electron chi connectivity index (χ0n) is 21.6. The number of carbonyl (C=O) groups is 5. The topological polar surface area (TPSA) is 173 Å². The van der Waals surface area contributed by atoms with Gasteiger partial charge in [0, 0.05) is 4.75 Å². The molecule has 0 saturated carbocycles. The predicted molar refractivity (Wildman–Crippen MR) is 128 cm³/mol. The molecule has 196 valence electrons. The molecule has 6 amide bonds. The summed E-state index contributed by atoms with van der Waals surface area (Å²) in [6, 6.07) is 2.76. The molecule has 0 spiro atoms. The Morgan fingerprint density at radius 2 is 1.78 bits per heavy atom. The van der Waals surface area contributed by atoms with Gasteiger partial charge in [-0.25, -0.2) is 32.0 Å². The van der Waals surface area contributed by atoms with Crippen LogP contribution in [0.3, 0.4) is 0 Å². The third-order valence-electron chi connectivity index (χ3n) is 6.25. The van der Waals surface area contributed by atoms with Crippen molar-refractivity contribution in [2.24, 2.45) is 0 Å². The normalized spacial score (nSPS) is 25.1. The fourth-order valence-electron chi connectivity index (χ4n) is 4.54. The zero-order chi connectivity index (χ0) is 26.6. The maximum absolute atomic E-state index is 13.3. The standard InChI is InChI=1S/C21H25N5O8S2.Na.H/c1-21(2)14(18(29)30)26-16(28)13(17(26)35-21)22-15(27)12(11-7-5-4-6-8-11)23-19(31)24-9-10-25(20(24)32)36(3,33)34;;/h4-8,12-14,17H,9-10H2,1-3H3,(H,22,27)(H,23,31)(H,29,30);;/q;+1;-1. The smallest absolute Gasteiger partial charge is 1.00 e. The number of benzene rings is 1. The molecular weight excluding hydrogens is 537 g/mol. The number of aliphatic carboxylic acids is 1. The first-order valence-corrected chi connectivity index (χ1v) is 13.6. The molecule has 3 aliphatic rings. The number of urea groups is 2. The largest absolute Gasteiger partial charge is 1.00 e. The molecule has 1 aromatic carbocycles.